The first-order valence-corrected chi connectivity index (χ1v) is 5.29. The molecule has 0 bridgehead atoms. The molecule has 2 nitrogen and oxygen atoms in total. The van der Waals surface area contributed by atoms with Crippen LogP contribution in [0.3, 0.4) is 0 Å². The Morgan fingerprint density at radius 1 is 1.25 bits per heavy atom. The van der Waals surface area contributed by atoms with Gasteiger partial charge in [-0.1, -0.05) is 18.2 Å². The molecule has 2 rings (SSSR count). The summed E-state index contributed by atoms with van der Waals surface area (Å²) in [5.41, 5.74) is 0.870. The molecule has 1 aromatic carbocycles. The molecule has 2 aromatic rings. The smallest absolute Gasteiger partial charge is 0.256 e. The van der Waals surface area contributed by atoms with Crippen LogP contribution in [0.25, 0.3) is 11.1 Å². The van der Waals surface area contributed by atoms with Gasteiger partial charge in [0.15, 0.2) is 0 Å². The predicted molar refractivity (Wildman–Crippen MR) is 62.0 cm³/mol. The van der Waals surface area contributed by atoms with Crippen molar-refractivity contribution < 1.29 is 4.39 Å². The number of alkyl halides is 1. The average molecular weight is 238 g/mol. The molecule has 16 heavy (non-hydrogen) atoms. The Kier molecular flexibility index (Phi) is 3.06. The van der Waals surface area contributed by atoms with Crippen LogP contribution < -0.4 is 5.56 Å². The third-order valence-corrected chi connectivity index (χ3v) is 2.62. The molecule has 0 aliphatic carbocycles. The maximum atomic E-state index is 13.6. The van der Waals surface area contributed by atoms with Crippen LogP contribution in [0.4, 0.5) is 4.39 Å². The van der Waals surface area contributed by atoms with E-state index >= 15 is 0 Å². The molecule has 0 saturated heterocycles. The maximum absolute atomic E-state index is 13.6. The predicted octanol–water partition coefficient (Wildman–Crippen LogP) is 2.92. The summed E-state index contributed by atoms with van der Waals surface area (Å²) in [5.74, 6) is -0.251. The van der Waals surface area contributed by atoms with E-state index in [4.69, 9.17) is 11.6 Å². The molecule has 0 aliphatic heterocycles. The Morgan fingerprint density at radius 3 is 2.69 bits per heavy atom. The molecule has 0 unspecified atom stereocenters. The highest BCUT2D eigenvalue weighted by atomic mass is 35.5. The van der Waals surface area contributed by atoms with Gasteiger partial charge in [0, 0.05) is 17.6 Å². The third kappa shape index (κ3) is 1.86. The first-order valence-electron chi connectivity index (χ1n) is 4.75. The first-order chi connectivity index (χ1) is 7.74. The molecule has 0 spiro atoms. The number of rotatable bonds is 2. The van der Waals surface area contributed by atoms with Gasteiger partial charge in [0.05, 0.1) is 5.56 Å². The zero-order chi connectivity index (χ0) is 11.5. The molecule has 1 heterocycles. The normalized spacial score (nSPS) is 10.4. The van der Waals surface area contributed by atoms with Crippen molar-refractivity contribution >= 4 is 11.6 Å². The topological polar surface area (TPSA) is 32.9 Å². The molecule has 4 heteroatoms. The maximum Gasteiger partial charge on any atom is 0.256 e. The van der Waals surface area contributed by atoms with Gasteiger partial charge in [-0.2, -0.15) is 0 Å². The van der Waals surface area contributed by atoms with Gasteiger partial charge in [-0.05, 0) is 17.7 Å². The van der Waals surface area contributed by atoms with Crippen molar-refractivity contribution in [3.63, 3.8) is 0 Å². The van der Waals surface area contributed by atoms with Gasteiger partial charge in [0.25, 0.3) is 5.56 Å². The van der Waals surface area contributed by atoms with Gasteiger partial charge in [-0.15, -0.1) is 11.6 Å². The Hall–Kier alpha value is -1.61. The number of halogens is 2. The molecular weight excluding hydrogens is 229 g/mol. The number of hydrogen-bond donors (Lipinski definition) is 1. The summed E-state index contributed by atoms with van der Waals surface area (Å²) < 4.78 is 13.6. The minimum absolute atomic E-state index is 0.174. The fraction of sp³-hybridized carbons (Fsp3) is 0.0833. The van der Waals surface area contributed by atoms with Crippen LogP contribution in [0.15, 0.2) is 41.3 Å². The van der Waals surface area contributed by atoms with Gasteiger partial charge >= 0.3 is 0 Å². The number of hydrogen-bond acceptors (Lipinski definition) is 1. The SMILES string of the molecule is O=c1[nH]ccc(CCl)c1-c1ccccc1F. The number of aromatic amines is 1. The van der Waals surface area contributed by atoms with Gasteiger partial charge in [-0.25, -0.2) is 4.39 Å². The molecular formula is C12H9ClFNO. The standard InChI is InChI=1S/C12H9ClFNO/c13-7-8-5-6-15-12(16)11(8)9-3-1-2-4-10(9)14/h1-6H,7H2,(H,15,16). The fourth-order valence-corrected chi connectivity index (χ4v) is 1.81. The van der Waals surface area contributed by atoms with Gasteiger partial charge in [-0.3, -0.25) is 4.79 Å². The van der Waals surface area contributed by atoms with Crippen LogP contribution >= 0.6 is 11.6 Å². The van der Waals surface area contributed by atoms with Crippen molar-refractivity contribution in [3.8, 4) is 11.1 Å². The lowest BCUT2D eigenvalue weighted by atomic mass is 10.0. The Morgan fingerprint density at radius 2 is 2.00 bits per heavy atom. The number of H-pyrrole nitrogens is 1. The van der Waals surface area contributed by atoms with Crippen molar-refractivity contribution in [2.75, 3.05) is 0 Å². The molecule has 0 amide bonds. The van der Waals surface area contributed by atoms with E-state index in [1.807, 2.05) is 0 Å². The first kappa shape index (κ1) is 10.9. The van der Waals surface area contributed by atoms with Crippen LogP contribution in [0.1, 0.15) is 5.56 Å². The average Bonchev–Trinajstić information content (AvgIpc) is 2.30. The Balaban J connectivity index is 2.73. The molecule has 0 radical (unpaired) electrons. The summed E-state index contributed by atoms with van der Waals surface area (Å²) in [4.78, 5) is 14.2. The lowest BCUT2D eigenvalue weighted by Gasteiger charge is -2.06. The summed E-state index contributed by atoms with van der Waals surface area (Å²) in [7, 11) is 0. The number of aromatic nitrogens is 1. The fourth-order valence-electron chi connectivity index (χ4n) is 1.59. The van der Waals surface area contributed by atoms with E-state index in [1.165, 1.54) is 12.3 Å². The second kappa shape index (κ2) is 4.49. The zero-order valence-electron chi connectivity index (χ0n) is 8.34. The van der Waals surface area contributed by atoms with E-state index in [0.29, 0.717) is 11.1 Å². The van der Waals surface area contributed by atoms with Crippen molar-refractivity contribution in [1.82, 2.24) is 4.98 Å². The molecule has 1 aromatic heterocycles. The monoisotopic (exact) mass is 237 g/mol. The highest BCUT2D eigenvalue weighted by Gasteiger charge is 2.12. The van der Waals surface area contributed by atoms with Gasteiger partial charge in [0.1, 0.15) is 5.82 Å². The highest BCUT2D eigenvalue weighted by molar-refractivity contribution is 6.17. The molecule has 1 N–H and O–H groups in total. The van der Waals surface area contributed by atoms with Gasteiger partial charge in [0.2, 0.25) is 0 Å². The quantitative estimate of drug-likeness (QED) is 0.801. The molecule has 0 fully saturated rings. The van der Waals surface area contributed by atoms with E-state index in [0.717, 1.165) is 0 Å². The van der Waals surface area contributed by atoms with Crippen LogP contribution in [0, 0.1) is 5.82 Å². The minimum Gasteiger partial charge on any atom is -0.329 e. The van der Waals surface area contributed by atoms with E-state index in [2.05, 4.69) is 4.98 Å². The van der Waals surface area contributed by atoms with Crippen LogP contribution in [0.2, 0.25) is 0 Å². The largest absolute Gasteiger partial charge is 0.329 e. The van der Waals surface area contributed by atoms with Crippen molar-refractivity contribution in [3.05, 3.63) is 58.3 Å². The number of benzene rings is 1. The molecule has 82 valence electrons. The highest BCUT2D eigenvalue weighted by Crippen LogP contribution is 2.23. The summed E-state index contributed by atoms with van der Waals surface area (Å²) >= 11 is 5.73. The van der Waals surface area contributed by atoms with Crippen LogP contribution in [-0.4, -0.2) is 4.98 Å². The lowest BCUT2D eigenvalue weighted by molar-refractivity contribution is 0.631. The zero-order valence-corrected chi connectivity index (χ0v) is 9.09. The lowest BCUT2D eigenvalue weighted by Crippen LogP contribution is -2.11. The van der Waals surface area contributed by atoms with E-state index < -0.39 is 5.82 Å². The Labute approximate surface area is 96.7 Å². The third-order valence-electron chi connectivity index (χ3n) is 2.33. The molecule has 0 aliphatic rings. The second-order valence-corrected chi connectivity index (χ2v) is 3.59. The van der Waals surface area contributed by atoms with Crippen molar-refractivity contribution in [2.45, 2.75) is 5.88 Å². The van der Waals surface area contributed by atoms with Gasteiger partial charge < -0.3 is 4.98 Å². The minimum atomic E-state index is -0.425. The summed E-state index contributed by atoms with van der Waals surface area (Å²) in [6.07, 6.45) is 1.50. The second-order valence-electron chi connectivity index (χ2n) is 3.32. The van der Waals surface area contributed by atoms with Crippen LogP contribution in [0.5, 0.6) is 0 Å². The van der Waals surface area contributed by atoms with E-state index in [-0.39, 0.29) is 17.0 Å². The molecule has 0 saturated carbocycles. The van der Waals surface area contributed by atoms with Crippen LogP contribution in [-0.2, 0) is 5.88 Å². The summed E-state index contributed by atoms with van der Waals surface area (Å²) in [6, 6.07) is 7.82. The number of pyridine rings is 1. The summed E-state index contributed by atoms with van der Waals surface area (Å²) in [6.45, 7) is 0. The van der Waals surface area contributed by atoms with Crippen molar-refractivity contribution in [1.29, 1.82) is 0 Å². The van der Waals surface area contributed by atoms with Crippen molar-refractivity contribution in [2.24, 2.45) is 0 Å². The number of nitrogens with one attached hydrogen (secondary N) is 1. The Bertz CT molecular complexity index is 565. The van der Waals surface area contributed by atoms with E-state index in [1.54, 1.807) is 24.3 Å². The summed E-state index contributed by atoms with van der Waals surface area (Å²) in [5, 5.41) is 0. The molecule has 0 atom stereocenters. The van der Waals surface area contributed by atoms with E-state index in [9.17, 15) is 9.18 Å².